The summed E-state index contributed by atoms with van der Waals surface area (Å²) in [6, 6.07) is 19.7. The number of hydrogen-bond acceptors (Lipinski definition) is 6. The molecule has 286 valence electrons. The van der Waals surface area contributed by atoms with Crippen molar-refractivity contribution in [1.82, 2.24) is 4.57 Å². The van der Waals surface area contributed by atoms with E-state index in [0.29, 0.717) is 35.7 Å². The molecule has 4 aromatic rings. The fraction of sp³-hybridized carbons (Fsp3) is 0.522. The van der Waals surface area contributed by atoms with Crippen LogP contribution in [0.1, 0.15) is 155 Å². The quantitative estimate of drug-likeness (QED) is 0.0594. The maximum atomic E-state index is 14.0. The van der Waals surface area contributed by atoms with E-state index in [1.54, 1.807) is 12.1 Å². The second-order valence-electron chi connectivity index (χ2n) is 14.4. The van der Waals surface area contributed by atoms with Gasteiger partial charge in [-0.1, -0.05) is 95.8 Å². The van der Waals surface area contributed by atoms with Crippen LogP contribution in [0, 0.1) is 6.92 Å². The SMILES string of the molecule is CCCCCCCCCCCCCCOC(=O)c1ccc2c(c1)C(c1ccc(N(CC)CC)cc1OCC)(c1c(C)n(CC)c3ccccc13)OC2=O. The maximum Gasteiger partial charge on any atom is 0.340 e. The number of fused-ring (bicyclic) bond motifs is 2. The Morgan fingerprint density at radius 3 is 2.08 bits per heavy atom. The smallest absolute Gasteiger partial charge is 0.340 e. The Labute approximate surface area is 318 Å². The Bertz CT molecular complexity index is 1820. The lowest BCUT2D eigenvalue weighted by atomic mass is 9.77. The molecule has 0 amide bonds. The molecule has 7 heteroatoms. The summed E-state index contributed by atoms with van der Waals surface area (Å²) < 4.78 is 21.2. The molecule has 53 heavy (non-hydrogen) atoms. The van der Waals surface area contributed by atoms with Gasteiger partial charge in [0, 0.05) is 64.7 Å². The average Bonchev–Trinajstić information content (AvgIpc) is 3.63. The highest BCUT2D eigenvalue weighted by Gasteiger charge is 2.53. The highest BCUT2D eigenvalue weighted by atomic mass is 16.6. The van der Waals surface area contributed by atoms with E-state index in [1.807, 2.05) is 31.2 Å². The number of para-hydroxylation sites is 1. The Hall–Kier alpha value is -4.26. The van der Waals surface area contributed by atoms with Crippen LogP contribution in [0.2, 0.25) is 0 Å². The van der Waals surface area contributed by atoms with E-state index < -0.39 is 17.5 Å². The van der Waals surface area contributed by atoms with Gasteiger partial charge in [0.25, 0.3) is 0 Å². The highest BCUT2D eigenvalue weighted by Crippen LogP contribution is 2.54. The molecule has 3 aromatic carbocycles. The summed E-state index contributed by atoms with van der Waals surface area (Å²) in [5.74, 6) is -0.177. The van der Waals surface area contributed by atoms with E-state index in [1.165, 1.54) is 57.8 Å². The minimum absolute atomic E-state index is 0.373. The first-order chi connectivity index (χ1) is 25.9. The van der Waals surface area contributed by atoms with Gasteiger partial charge in [0.2, 0.25) is 0 Å². The van der Waals surface area contributed by atoms with Gasteiger partial charge < -0.3 is 23.7 Å². The summed E-state index contributed by atoms with van der Waals surface area (Å²) in [6.07, 6.45) is 15.0. The molecule has 1 aliphatic rings. The minimum atomic E-state index is -1.37. The molecule has 0 spiro atoms. The van der Waals surface area contributed by atoms with Crippen LogP contribution in [0.25, 0.3) is 10.9 Å². The van der Waals surface area contributed by atoms with Gasteiger partial charge in [0.1, 0.15) is 5.75 Å². The number of hydrogen-bond donors (Lipinski definition) is 0. The topological polar surface area (TPSA) is 70.0 Å². The molecule has 1 aliphatic heterocycles. The normalized spacial score (nSPS) is 15.1. The van der Waals surface area contributed by atoms with Gasteiger partial charge in [0.05, 0.1) is 24.3 Å². The predicted octanol–water partition coefficient (Wildman–Crippen LogP) is 11.5. The van der Waals surface area contributed by atoms with Crippen molar-refractivity contribution >= 4 is 28.5 Å². The van der Waals surface area contributed by atoms with Crippen molar-refractivity contribution in [2.75, 3.05) is 31.2 Å². The maximum absolute atomic E-state index is 14.0. The van der Waals surface area contributed by atoms with Crippen LogP contribution in [-0.4, -0.2) is 42.8 Å². The summed E-state index contributed by atoms with van der Waals surface area (Å²) in [7, 11) is 0. The molecule has 0 N–H and O–H groups in total. The second kappa shape index (κ2) is 19.2. The van der Waals surface area contributed by atoms with Gasteiger partial charge in [-0.05, 0) is 77.4 Å². The number of carbonyl (C=O) groups is 2. The number of rotatable bonds is 22. The molecule has 0 saturated heterocycles. The summed E-state index contributed by atoms with van der Waals surface area (Å²) in [4.78, 5) is 29.9. The second-order valence-corrected chi connectivity index (χ2v) is 14.4. The van der Waals surface area contributed by atoms with Crippen molar-refractivity contribution in [2.24, 2.45) is 0 Å². The Balaban J connectivity index is 1.44. The summed E-state index contributed by atoms with van der Waals surface area (Å²) in [6.45, 7) is 16.0. The van der Waals surface area contributed by atoms with Crippen molar-refractivity contribution < 1.29 is 23.8 Å². The van der Waals surface area contributed by atoms with Crippen molar-refractivity contribution in [1.29, 1.82) is 0 Å². The van der Waals surface area contributed by atoms with Crippen LogP contribution in [0.15, 0.2) is 60.7 Å². The molecule has 7 nitrogen and oxygen atoms in total. The van der Waals surface area contributed by atoms with Crippen LogP contribution >= 0.6 is 0 Å². The lowest BCUT2D eigenvalue weighted by Gasteiger charge is -2.33. The first-order valence-corrected chi connectivity index (χ1v) is 20.5. The number of anilines is 1. The number of aromatic nitrogens is 1. The summed E-state index contributed by atoms with van der Waals surface area (Å²) >= 11 is 0. The fourth-order valence-electron chi connectivity index (χ4n) is 8.25. The highest BCUT2D eigenvalue weighted by molar-refractivity contribution is 6.01. The van der Waals surface area contributed by atoms with Crippen molar-refractivity contribution in [3.8, 4) is 5.75 Å². The molecule has 0 radical (unpaired) electrons. The zero-order valence-corrected chi connectivity index (χ0v) is 33.2. The molecule has 0 fully saturated rings. The van der Waals surface area contributed by atoms with E-state index in [9.17, 15) is 9.59 Å². The number of cyclic esters (lactones) is 1. The number of aryl methyl sites for hydroxylation is 1. The van der Waals surface area contributed by atoms with Gasteiger partial charge in [-0.15, -0.1) is 0 Å². The van der Waals surface area contributed by atoms with Gasteiger partial charge in [-0.3, -0.25) is 0 Å². The van der Waals surface area contributed by atoms with Crippen molar-refractivity contribution in [2.45, 2.75) is 131 Å². The van der Waals surface area contributed by atoms with Crippen molar-refractivity contribution in [3.63, 3.8) is 0 Å². The Morgan fingerprint density at radius 1 is 0.774 bits per heavy atom. The van der Waals surface area contributed by atoms with Crippen LogP contribution in [0.4, 0.5) is 5.69 Å². The minimum Gasteiger partial charge on any atom is -0.493 e. The standard InChI is InChI=1S/C46H62N2O5/c1-7-12-13-14-15-16-17-18-19-20-21-24-31-52-44(49)35-27-29-37-40(32-35)46(53-45(37)50,43-34(6)48(10-4)41-26-23-22-25-38(41)43)39-30-28-36(47(8-2)9-3)33-42(39)51-11-5/h22-23,25-30,32-33H,7-21,24,31H2,1-6H3. The largest absolute Gasteiger partial charge is 0.493 e. The molecule has 1 aromatic heterocycles. The molecule has 2 heterocycles. The van der Waals surface area contributed by atoms with Gasteiger partial charge in [-0.2, -0.15) is 0 Å². The van der Waals surface area contributed by atoms with Gasteiger partial charge in [-0.25, -0.2) is 9.59 Å². The molecule has 1 unspecified atom stereocenters. The fourth-order valence-corrected chi connectivity index (χ4v) is 8.25. The molecular formula is C46H62N2O5. The molecule has 1 atom stereocenters. The third-order valence-electron chi connectivity index (χ3n) is 11.0. The predicted molar refractivity (Wildman–Crippen MR) is 217 cm³/mol. The third kappa shape index (κ3) is 8.60. The van der Waals surface area contributed by atoms with E-state index in [-0.39, 0.29) is 0 Å². The van der Waals surface area contributed by atoms with Crippen LogP contribution < -0.4 is 9.64 Å². The van der Waals surface area contributed by atoms with Gasteiger partial charge in [0.15, 0.2) is 5.60 Å². The molecule has 5 rings (SSSR count). The molecule has 0 saturated carbocycles. The molecule has 0 aliphatic carbocycles. The van der Waals surface area contributed by atoms with Crippen molar-refractivity contribution in [3.05, 3.63) is 94.2 Å². The first kappa shape index (κ1) is 39.9. The van der Waals surface area contributed by atoms with E-state index in [0.717, 1.165) is 72.3 Å². The third-order valence-corrected chi connectivity index (χ3v) is 11.0. The van der Waals surface area contributed by atoms with E-state index in [4.69, 9.17) is 14.2 Å². The number of benzene rings is 3. The number of carbonyl (C=O) groups excluding carboxylic acids is 2. The lowest BCUT2D eigenvalue weighted by molar-refractivity contribution is 0.0246. The molecule has 0 bridgehead atoms. The molecular weight excluding hydrogens is 661 g/mol. The lowest BCUT2D eigenvalue weighted by Crippen LogP contribution is -2.32. The number of unbranched alkanes of at least 4 members (excludes halogenated alkanes) is 11. The zero-order chi connectivity index (χ0) is 37.8. The first-order valence-electron chi connectivity index (χ1n) is 20.5. The van der Waals surface area contributed by atoms with Crippen LogP contribution in [-0.2, 0) is 21.6 Å². The number of ether oxygens (including phenoxy) is 3. The number of nitrogens with zero attached hydrogens (tertiary/aromatic N) is 2. The van der Waals surface area contributed by atoms with Crippen LogP contribution in [0.5, 0.6) is 5.75 Å². The summed E-state index contributed by atoms with van der Waals surface area (Å²) in [5.41, 5.74) is 4.78. The van der Waals surface area contributed by atoms with E-state index >= 15 is 0 Å². The zero-order valence-electron chi connectivity index (χ0n) is 33.2. The summed E-state index contributed by atoms with van der Waals surface area (Å²) in [5, 5.41) is 0.989. The number of esters is 2. The van der Waals surface area contributed by atoms with Gasteiger partial charge >= 0.3 is 11.9 Å². The average molecular weight is 723 g/mol. The van der Waals surface area contributed by atoms with E-state index in [2.05, 4.69) is 68.4 Å². The monoisotopic (exact) mass is 722 g/mol. The Kier molecular flexibility index (Phi) is 14.5. The Morgan fingerprint density at radius 2 is 1.43 bits per heavy atom. The van der Waals surface area contributed by atoms with Crippen LogP contribution in [0.3, 0.4) is 0 Å².